The van der Waals surface area contributed by atoms with E-state index in [0.717, 1.165) is 23.2 Å². The van der Waals surface area contributed by atoms with E-state index in [9.17, 15) is 14.7 Å². The Morgan fingerprint density at radius 1 is 1.47 bits per heavy atom. The van der Waals surface area contributed by atoms with Crippen LogP contribution in [0.2, 0.25) is 0 Å². The van der Waals surface area contributed by atoms with E-state index in [1.807, 2.05) is 32.0 Å². The second kappa shape index (κ2) is 4.91. The van der Waals surface area contributed by atoms with Crippen molar-refractivity contribution >= 4 is 17.7 Å². The molecule has 1 saturated heterocycles. The third-order valence-electron chi connectivity index (χ3n) is 3.52. The Kier molecular flexibility index (Phi) is 3.46. The van der Waals surface area contributed by atoms with Gasteiger partial charge in [0.05, 0.1) is 12.2 Å². The molecule has 1 N–H and O–H groups in total. The third kappa shape index (κ3) is 2.16. The molecule has 2 amide bonds. The number of rotatable bonds is 3. The molecule has 1 unspecified atom stereocenters. The van der Waals surface area contributed by atoms with Crippen LogP contribution >= 0.6 is 0 Å². The van der Waals surface area contributed by atoms with E-state index in [0.29, 0.717) is 0 Å². The standard InChI is InChI=1S/C14H18N2O3/c1-4-10-7-5-6-9(2)12(10)16-11(13(17)18)8-15(3)14(16)19/h5-7,11H,4,8H2,1-3H3,(H,17,18). The van der Waals surface area contributed by atoms with Gasteiger partial charge in [-0.2, -0.15) is 0 Å². The molecule has 1 fully saturated rings. The fourth-order valence-corrected chi connectivity index (χ4v) is 2.53. The molecule has 0 aliphatic carbocycles. The number of carbonyl (C=O) groups excluding carboxylic acids is 1. The average molecular weight is 262 g/mol. The van der Waals surface area contributed by atoms with E-state index in [-0.39, 0.29) is 12.6 Å². The van der Waals surface area contributed by atoms with E-state index in [4.69, 9.17) is 0 Å². The van der Waals surface area contributed by atoms with Crippen LogP contribution in [-0.4, -0.2) is 41.6 Å². The molecule has 5 nitrogen and oxygen atoms in total. The highest BCUT2D eigenvalue weighted by Gasteiger charge is 2.41. The zero-order valence-corrected chi connectivity index (χ0v) is 11.4. The molecular weight excluding hydrogens is 244 g/mol. The summed E-state index contributed by atoms with van der Waals surface area (Å²) in [5.74, 6) is -0.969. The first-order valence-electron chi connectivity index (χ1n) is 6.33. The number of anilines is 1. The minimum absolute atomic E-state index is 0.214. The van der Waals surface area contributed by atoms with E-state index < -0.39 is 12.0 Å². The van der Waals surface area contributed by atoms with Crippen LogP contribution in [-0.2, 0) is 11.2 Å². The van der Waals surface area contributed by atoms with E-state index in [1.165, 1.54) is 9.80 Å². The van der Waals surface area contributed by atoms with Crippen molar-refractivity contribution in [2.75, 3.05) is 18.5 Å². The number of carbonyl (C=O) groups is 2. The van der Waals surface area contributed by atoms with Crippen LogP contribution in [0.5, 0.6) is 0 Å². The van der Waals surface area contributed by atoms with Crippen molar-refractivity contribution in [3.8, 4) is 0 Å². The molecule has 1 aliphatic rings. The van der Waals surface area contributed by atoms with Crippen LogP contribution in [0, 0.1) is 6.92 Å². The maximum Gasteiger partial charge on any atom is 0.328 e. The second-order valence-electron chi connectivity index (χ2n) is 4.82. The Bertz CT molecular complexity index is 527. The van der Waals surface area contributed by atoms with Crippen molar-refractivity contribution in [1.82, 2.24) is 4.90 Å². The lowest BCUT2D eigenvalue weighted by Crippen LogP contribution is -2.40. The van der Waals surface area contributed by atoms with Gasteiger partial charge in [0.25, 0.3) is 0 Å². The number of hydrogen-bond acceptors (Lipinski definition) is 2. The number of carboxylic acid groups (broad SMARTS) is 1. The Labute approximate surface area is 112 Å². The van der Waals surface area contributed by atoms with Gasteiger partial charge in [-0.15, -0.1) is 0 Å². The highest BCUT2D eigenvalue weighted by molar-refractivity contribution is 6.02. The molecule has 102 valence electrons. The molecule has 1 aromatic rings. The van der Waals surface area contributed by atoms with Gasteiger partial charge in [0.2, 0.25) is 0 Å². The van der Waals surface area contributed by atoms with Crippen molar-refractivity contribution in [2.24, 2.45) is 0 Å². The molecule has 1 aromatic carbocycles. The number of aryl methyl sites for hydroxylation is 2. The number of amides is 2. The molecule has 1 aliphatic heterocycles. The van der Waals surface area contributed by atoms with E-state index in [1.54, 1.807) is 7.05 Å². The largest absolute Gasteiger partial charge is 0.480 e. The Morgan fingerprint density at radius 3 is 2.74 bits per heavy atom. The molecular formula is C14H18N2O3. The number of benzene rings is 1. The van der Waals surface area contributed by atoms with Crippen LogP contribution in [0.4, 0.5) is 10.5 Å². The summed E-state index contributed by atoms with van der Waals surface area (Å²) < 4.78 is 0. The lowest BCUT2D eigenvalue weighted by atomic mass is 10.0. The average Bonchev–Trinajstić information content (AvgIpc) is 2.66. The van der Waals surface area contributed by atoms with Crippen molar-refractivity contribution in [3.63, 3.8) is 0 Å². The monoisotopic (exact) mass is 262 g/mol. The quantitative estimate of drug-likeness (QED) is 0.904. The summed E-state index contributed by atoms with van der Waals surface area (Å²) in [7, 11) is 1.63. The van der Waals surface area contributed by atoms with Crippen molar-refractivity contribution < 1.29 is 14.7 Å². The Balaban J connectivity index is 2.55. The molecule has 0 aromatic heterocycles. The first-order valence-corrected chi connectivity index (χ1v) is 6.33. The van der Waals surface area contributed by atoms with Crippen LogP contribution < -0.4 is 4.90 Å². The lowest BCUT2D eigenvalue weighted by molar-refractivity contribution is -0.138. The number of para-hydroxylation sites is 1. The van der Waals surface area contributed by atoms with Gasteiger partial charge in [-0.1, -0.05) is 25.1 Å². The normalized spacial score (nSPS) is 19.1. The number of hydrogen-bond donors (Lipinski definition) is 1. The molecule has 5 heteroatoms. The Morgan fingerprint density at radius 2 is 2.16 bits per heavy atom. The van der Waals surface area contributed by atoms with Gasteiger partial charge in [0.1, 0.15) is 0 Å². The second-order valence-corrected chi connectivity index (χ2v) is 4.82. The fourth-order valence-electron chi connectivity index (χ4n) is 2.53. The molecule has 2 rings (SSSR count). The van der Waals surface area contributed by atoms with Crippen LogP contribution in [0.1, 0.15) is 18.1 Å². The molecule has 1 atom stereocenters. The molecule has 0 radical (unpaired) electrons. The van der Waals surface area contributed by atoms with Crippen LogP contribution in [0.3, 0.4) is 0 Å². The van der Waals surface area contributed by atoms with Crippen molar-refractivity contribution in [1.29, 1.82) is 0 Å². The maximum absolute atomic E-state index is 12.2. The first kappa shape index (κ1) is 13.4. The predicted molar refractivity (Wildman–Crippen MR) is 72.5 cm³/mol. The lowest BCUT2D eigenvalue weighted by Gasteiger charge is -2.25. The summed E-state index contributed by atoms with van der Waals surface area (Å²) in [5, 5.41) is 9.31. The zero-order chi connectivity index (χ0) is 14.2. The molecule has 19 heavy (non-hydrogen) atoms. The fraction of sp³-hybridized carbons (Fsp3) is 0.429. The minimum Gasteiger partial charge on any atom is -0.480 e. The summed E-state index contributed by atoms with van der Waals surface area (Å²) in [6.07, 6.45) is 0.761. The summed E-state index contributed by atoms with van der Waals surface area (Å²) >= 11 is 0. The van der Waals surface area contributed by atoms with Crippen LogP contribution in [0.15, 0.2) is 18.2 Å². The summed E-state index contributed by atoms with van der Waals surface area (Å²) in [6, 6.07) is 4.70. The van der Waals surface area contributed by atoms with Gasteiger partial charge in [-0.3, -0.25) is 4.90 Å². The van der Waals surface area contributed by atoms with Gasteiger partial charge >= 0.3 is 12.0 Å². The highest BCUT2D eigenvalue weighted by atomic mass is 16.4. The van der Waals surface area contributed by atoms with Gasteiger partial charge in [-0.25, -0.2) is 9.59 Å². The van der Waals surface area contributed by atoms with E-state index in [2.05, 4.69) is 0 Å². The number of likely N-dealkylation sites (N-methyl/N-ethyl adjacent to an activating group) is 1. The van der Waals surface area contributed by atoms with Crippen LogP contribution in [0.25, 0.3) is 0 Å². The predicted octanol–water partition coefficient (Wildman–Crippen LogP) is 1.88. The number of carboxylic acids is 1. The topological polar surface area (TPSA) is 60.9 Å². The first-order chi connectivity index (χ1) is 8.97. The summed E-state index contributed by atoms with van der Waals surface area (Å²) in [5.41, 5.74) is 2.66. The Hall–Kier alpha value is -2.04. The molecule has 0 saturated carbocycles. The van der Waals surface area contributed by atoms with Gasteiger partial charge in [0, 0.05) is 7.05 Å². The summed E-state index contributed by atoms with van der Waals surface area (Å²) in [6.45, 7) is 4.11. The zero-order valence-electron chi connectivity index (χ0n) is 11.4. The SMILES string of the molecule is CCc1cccc(C)c1N1C(=O)N(C)CC1C(=O)O. The van der Waals surface area contributed by atoms with Crippen molar-refractivity contribution in [3.05, 3.63) is 29.3 Å². The van der Waals surface area contributed by atoms with Gasteiger partial charge in [-0.05, 0) is 24.5 Å². The number of urea groups is 1. The van der Waals surface area contributed by atoms with Crippen molar-refractivity contribution in [2.45, 2.75) is 26.3 Å². The molecule has 0 spiro atoms. The highest BCUT2D eigenvalue weighted by Crippen LogP contribution is 2.31. The molecule has 0 bridgehead atoms. The van der Waals surface area contributed by atoms with Gasteiger partial charge in [0.15, 0.2) is 6.04 Å². The molecule has 1 heterocycles. The van der Waals surface area contributed by atoms with Gasteiger partial charge < -0.3 is 10.0 Å². The third-order valence-corrected chi connectivity index (χ3v) is 3.52. The number of nitrogens with zero attached hydrogens (tertiary/aromatic N) is 2. The minimum atomic E-state index is -0.969. The maximum atomic E-state index is 12.2. The smallest absolute Gasteiger partial charge is 0.328 e. The summed E-state index contributed by atoms with van der Waals surface area (Å²) in [4.78, 5) is 26.5. The number of aliphatic carboxylic acids is 1. The van der Waals surface area contributed by atoms with E-state index >= 15 is 0 Å².